The van der Waals surface area contributed by atoms with Gasteiger partial charge in [-0.2, -0.15) is 4.99 Å². The second-order valence-electron chi connectivity index (χ2n) is 5.72. The van der Waals surface area contributed by atoms with Crippen molar-refractivity contribution in [1.82, 2.24) is 4.57 Å². The molecule has 27 heavy (non-hydrogen) atoms. The van der Waals surface area contributed by atoms with Crippen molar-refractivity contribution in [2.45, 2.75) is 6.54 Å². The summed E-state index contributed by atoms with van der Waals surface area (Å²) in [6.45, 7) is 1.08. The maximum absolute atomic E-state index is 12.7. The molecule has 0 unspecified atom stereocenters. The quantitative estimate of drug-likeness (QED) is 0.631. The summed E-state index contributed by atoms with van der Waals surface area (Å²) in [4.78, 5) is 17.5. The van der Waals surface area contributed by atoms with E-state index in [9.17, 15) is 4.79 Å². The molecule has 4 rings (SSSR count). The summed E-state index contributed by atoms with van der Waals surface area (Å²) in [5.41, 5.74) is 1.15. The second-order valence-corrected chi connectivity index (χ2v) is 7.51. The first-order chi connectivity index (χ1) is 13.1. The molecule has 0 spiro atoms. The van der Waals surface area contributed by atoms with Crippen molar-refractivity contribution in [1.29, 1.82) is 0 Å². The largest absolute Gasteiger partial charge is 0.454 e. The highest BCUT2D eigenvalue weighted by Gasteiger charge is 2.17. The highest BCUT2D eigenvalue weighted by atomic mass is 35.5. The van der Waals surface area contributed by atoms with Crippen LogP contribution < -0.4 is 14.3 Å². The number of rotatable bonds is 4. The normalized spacial score (nSPS) is 13.5. The Balaban J connectivity index is 1.83. The molecule has 3 aromatic rings. The number of benzene rings is 2. The molecule has 0 aliphatic carbocycles. The number of fused-ring (bicyclic) bond motifs is 2. The first kappa shape index (κ1) is 18.3. The molecule has 2 aromatic carbocycles. The standard InChI is InChI=1S/C18H14Cl2N2O4S/c1-24-7-6-22-15-11(19)3-4-12(20)16(15)27-18(22)21-17(23)10-2-5-13-14(8-10)26-9-25-13/h2-5,8H,6-7,9H2,1H3. The van der Waals surface area contributed by atoms with E-state index in [-0.39, 0.29) is 6.79 Å². The smallest absolute Gasteiger partial charge is 0.279 e. The van der Waals surface area contributed by atoms with Crippen molar-refractivity contribution in [3.05, 3.63) is 50.7 Å². The van der Waals surface area contributed by atoms with E-state index in [0.717, 1.165) is 10.2 Å². The zero-order valence-corrected chi connectivity index (χ0v) is 16.5. The highest BCUT2D eigenvalue weighted by molar-refractivity contribution is 7.17. The minimum absolute atomic E-state index is 0.147. The summed E-state index contributed by atoms with van der Waals surface area (Å²) in [6, 6.07) is 8.44. The van der Waals surface area contributed by atoms with Gasteiger partial charge in [0.15, 0.2) is 16.3 Å². The number of hydrogen-bond donors (Lipinski definition) is 0. The van der Waals surface area contributed by atoms with Gasteiger partial charge < -0.3 is 18.8 Å². The summed E-state index contributed by atoms with van der Waals surface area (Å²) in [5, 5.41) is 1.10. The Bertz CT molecular complexity index is 1110. The monoisotopic (exact) mass is 424 g/mol. The number of ether oxygens (including phenoxy) is 3. The maximum Gasteiger partial charge on any atom is 0.279 e. The van der Waals surface area contributed by atoms with Crippen LogP contribution in [-0.2, 0) is 11.3 Å². The Morgan fingerprint density at radius 1 is 1.22 bits per heavy atom. The van der Waals surface area contributed by atoms with Gasteiger partial charge in [0.25, 0.3) is 5.91 Å². The van der Waals surface area contributed by atoms with Gasteiger partial charge in [0, 0.05) is 19.2 Å². The summed E-state index contributed by atoms with van der Waals surface area (Å²) in [6.07, 6.45) is 0. The predicted octanol–water partition coefficient (Wildman–Crippen LogP) is 4.13. The lowest BCUT2D eigenvalue weighted by Crippen LogP contribution is -2.19. The van der Waals surface area contributed by atoms with Gasteiger partial charge in [0.05, 0.1) is 26.9 Å². The Labute approximate surface area is 168 Å². The van der Waals surface area contributed by atoms with Crippen LogP contribution in [0.4, 0.5) is 0 Å². The molecule has 0 radical (unpaired) electrons. The topological polar surface area (TPSA) is 62.1 Å². The Morgan fingerprint density at radius 3 is 2.81 bits per heavy atom. The molecule has 9 heteroatoms. The second kappa shape index (κ2) is 7.52. The molecular weight excluding hydrogens is 411 g/mol. The first-order valence-electron chi connectivity index (χ1n) is 8.03. The van der Waals surface area contributed by atoms with E-state index in [2.05, 4.69) is 4.99 Å². The van der Waals surface area contributed by atoms with Crippen LogP contribution in [-0.4, -0.2) is 31.0 Å². The fourth-order valence-corrected chi connectivity index (χ4v) is 4.44. The summed E-state index contributed by atoms with van der Waals surface area (Å²) in [7, 11) is 1.61. The molecule has 0 N–H and O–H groups in total. The van der Waals surface area contributed by atoms with Crippen molar-refractivity contribution in [3.63, 3.8) is 0 Å². The van der Waals surface area contributed by atoms with Gasteiger partial charge in [-0.05, 0) is 30.3 Å². The third kappa shape index (κ3) is 3.43. The molecule has 140 valence electrons. The summed E-state index contributed by atoms with van der Waals surface area (Å²) >= 11 is 14.0. The maximum atomic E-state index is 12.7. The van der Waals surface area contributed by atoms with Crippen LogP contribution in [0.15, 0.2) is 35.3 Å². The van der Waals surface area contributed by atoms with Crippen molar-refractivity contribution >= 4 is 50.7 Å². The molecular formula is C18H14Cl2N2O4S. The molecule has 0 saturated heterocycles. The average molecular weight is 425 g/mol. The molecule has 1 aliphatic heterocycles. The van der Waals surface area contributed by atoms with E-state index < -0.39 is 5.91 Å². The van der Waals surface area contributed by atoms with Crippen LogP contribution in [0.2, 0.25) is 10.0 Å². The highest BCUT2D eigenvalue weighted by Crippen LogP contribution is 2.33. The van der Waals surface area contributed by atoms with Gasteiger partial charge in [0.1, 0.15) is 0 Å². The number of halogens is 2. The van der Waals surface area contributed by atoms with E-state index in [1.54, 1.807) is 37.4 Å². The zero-order chi connectivity index (χ0) is 19.0. The lowest BCUT2D eigenvalue weighted by molar-refractivity contribution is 0.0997. The molecule has 1 aromatic heterocycles. The molecule has 1 amide bonds. The number of methoxy groups -OCH3 is 1. The van der Waals surface area contributed by atoms with Gasteiger partial charge in [-0.25, -0.2) is 0 Å². The van der Waals surface area contributed by atoms with Crippen LogP contribution in [0.5, 0.6) is 11.5 Å². The van der Waals surface area contributed by atoms with Crippen molar-refractivity contribution in [3.8, 4) is 11.5 Å². The minimum atomic E-state index is -0.390. The molecule has 0 bridgehead atoms. The van der Waals surface area contributed by atoms with Gasteiger partial charge in [0.2, 0.25) is 6.79 Å². The fourth-order valence-electron chi connectivity index (χ4n) is 2.77. The molecule has 0 atom stereocenters. The molecule has 0 saturated carbocycles. The van der Waals surface area contributed by atoms with Crippen molar-refractivity contribution in [2.75, 3.05) is 20.5 Å². The van der Waals surface area contributed by atoms with Gasteiger partial charge in [-0.15, -0.1) is 0 Å². The predicted molar refractivity (Wildman–Crippen MR) is 104 cm³/mol. The Kier molecular flexibility index (Phi) is 5.10. The van der Waals surface area contributed by atoms with Gasteiger partial charge in [-0.3, -0.25) is 4.79 Å². The molecule has 2 heterocycles. The minimum Gasteiger partial charge on any atom is -0.454 e. The zero-order valence-electron chi connectivity index (χ0n) is 14.2. The third-order valence-corrected chi connectivity index (χ3v) is 5.91. The SMILES string of the molecule is COCCn1c(=NC(=O)c2ccc3c(c2)OCO3)sc2c(Cl)ccc(Cl)c21. The number of nitrogens with zero attached hydrogens (tertiary/aromatic N) is 2. The van der Waals surface area contributed by atoms with E-state index >= 15 is 0 Å². The number of aromatic nitrogens is 1. The summed E-state index contributed by atoms with van der Waals surface area (Å²) < 4.78 is 18.4. The number of carbonyl (C=O) groups excluding carboxylic acids is 1. The Hall–Kier alpha value is -2.06. The Morgan fingerprint density at radius 2 is 2.00 bits per heavy atom. The van der Waals surface area contributed by atoms with Gasteiger partial charge in [-0.1, -0.05) is 34.5 Å². The fraction of sp³-hybridized carbons (Fsp3) is 0.222. The first-order valence-corrected chi connectivity index (χ1v) is 9.60. The van der Waals surface area contributed by atoms with Crippen molar-refractivity contribution in [2.24, 2.45) is 4.99 Å². The van der Waals surface area contributed by atoms with Crippen LogP contribution in [0.25, 0.3) is 10.2 Å². The molecule has 6 nitrogen and oxygen atoms in total. The van der Waals surface area contributed by atoms with Crippen LogP contribution in [0.1, 0.15) is 10.4 Å². The molecule has 0 fully saturated rings. The van der Waals surface area contributed by atoms with Crippen LogP contribution in [0.3, 0.4) is 0 Å². The van der Waals surface area contributed by atoms with Crippen LogP contribution >= 0.6 is 34.5 Å². The van der Waals surface area contributed by atoms with E-state index in [0.29, 0.717) is 45.1 Å². The van der Waals surface area contributed by atoms with E-state index in [1.807, 2.05) is 4.57 Å². The van der Waals surface area contributed by atoms with E-state index in [1.165, 1.54) is 11.3 Å². The number of amides is 1. The number of hydrogen-bond acceptors (Lipinski definition) is 5. The third-order valence-electron chi connectivity index (χ3n) is 4.06. The van der Waals surface area contributed by atoms with Gasteiger partial charge >= 0.3 is 0 Å². The average Bonchev–Trinajstić information content (AvgIpc) is 3.27. The number of carbonyl (C=O) groups is 1. The van der Waals surface area contributed by atoms with Crippen LogP contribution in [0, 0.1) is 0 Å². The number of thiazole rings is 1. The van der Waals surface area contributed by atoms with E-state index in [4.69, 9.17) is 37.4 Å². The van der Waals surface area contributed by atoms with Crippen molar-refractivity contribution < 1.29 is 19.0 Å². The summed E-state index contributed by atoms with van der Waals surface area (Å²) in [5.74, 6) is 0.756. The lowest BCUT2D eigenvalue weighted by Gasteiger charge is -2.06. The lowest BCUT2D eigenvalue weighted by atomic mass is 10.2. The molecule has 1 aliphatic rings.